The van der Waals surface area contributed by atoms with Crippen molar-refractivity contribution in [2.75, 3.05) is 0 Å². The summed E-state index contributed by atoms with van der Waals surface area (Å²) in [5.74, 6) is 1.38. The number of benzene rings is 22. The molecule has 620 valence electrons. The van der Waals surface area contributed by atoms with Crippen LogP contribution in [0.5, 0.6) is 0 Å². The number of rotatable bonds is 8. The van der Waals surface area contributed by atoms with E-state index in [4.69, 9.17) is 24.4 Å². The molecule has 0 aliphatic carbocycles. The summed E-state index contributed by atoms with van der Waals surface area (Å²) >= 11 is 1.84. The van der Waals surface area contributed by atoms with Crippen LogP contribution < -0.4 is 0 Å². The Bertz CT molecular complexity index is 9810. The van der Waals surface area contributed by atoms with Crippen molar-refractivity contribution in [2.45, 2.75) is 0 Å². The first-order valence-corrected chi connectivity index (χ1v) is 46.4. The molecule has 0 saturated carbocycles. The molecule has 0 unspecified atom stereocenters. The Morgan fingerprint density at radius 2 is 0.590 bits per heavy atom. The number of hydrogen-bond donors (Lipinski definition) is 0. The summed E-state index contributed by atoms with van der Waals surface area (Å²) in [6.45, 7) is 0. The summed E-state index contributed by atoms with van der Waals surface area (Å²) in [6, 6.07) is 158. The summed E-state index contributed by atoms with van der Waals surface area (Å²) in [6.07, 6.45) is 0. The standard InChI is InChI=1S/C62H36N4O.C62H36N4S/c1-2-16-39-35-56-52(34-38(39)15-1)45-31-29-40(65-54-26-11-8-20-44(54)47-30-28-37-14-3-4-17-41(37)60(47)65)36-57(45)66(56)55-33-32-49(42-18-5-6-19-43(42)55)62-63-53-25-10-7-22-50(53)59(64-62)51-24-13-23-48-46-21-9-12-27-58(46)67-61(48)51;1-2-16-39-35-56-52(34-38(39)15-1)45-33-31-40(65-54-27-9-6-18-44(54)47-32-30-37-14-3-4-17-41(37)60(47)65)36-57(45)66(56)55-28-13-21-42-43(55)22-11-24-49(42)62-63-53-26-8-5-20-50(53)59(64-62)51-25-12-23-48-46-19-7-10-29-58(46)67-61(48)51/h2*1-36H. The molecule has 0 bridgehead atoms. The average Bonchev–Trinajstić information content (AvgIpc) is 1.59. The lowest BCUT2D eigenvalue weighted by Crippen LogP contribution is -2.00. The highest BCUT2D eigenvalue weighted by atomic mass is 32.1. The Kier molecular flexibility index (Phi) is 16.0. The number of thiophene rings is 1. The zero-order chi connectivity index (χ0) is 87.5. The quantitative estimate of drug-likeness (QED) is 0.151. The summed E-state index contributed by atoms with van der Waals surface area (Å²) < 4.78 is 19.0. The minimum Gasteiger partial charge on any atom is -0.455 e. The molecule has 22 aromatic carbocycles. The Labute approximate surface area is 769 Å². The molecule has 0 aliphatic rings. The van der Waals surface area contributed by atoms with Gasteiger partial charge in [0.15, 0.2) is 11.6 Å². The molecule has 8 heterocycles. The largest absolute Gasteiger partial charge is 0.455 e. The Balaban J connectivity index is 0.000000131. The van der Waals surface area contributed by atoms with Crippen LogP contribution in [0.25, 0.3) is 284 Å². The molecule has 30 rings (SSSR count). The number of hydrogen-bond acceptors (Lipinski definition) is 6. The third-order valence-corrected chi connectivity index (χ3v) is 29.4. The van der Waals surface area contributed by atoms with Gasteiger partial charge in [0.1, 0.15) is 11.2 Å². The van der Waals surface area contributed by atoms with Crippen molar-refractivity contribution >= 4 is 227 Å². The second kappa shape index (κ2) is 28.9. The number of nitrogens with zero attached hydrogens (tertiary/aromatic N) is 8. The minimum absolute atomic E-state index is 0.665. The summed E-state index contributed by atoms with van der Waals surface area (Å²) in [5, 5.41) is 30.7. The smallest absolute Gasteiger partial charge is 0.161 e. The van der Waals surface area contributed by atoms with Crippen molar-refractivity contribution in [3.05, 3.63) is 437 Å². The van der Waals surface area contributed by atoms with E-state index in [-0.39, 0.29) is 0 Å². The zero-order valence-corrected chi connectivity index (χ0v) is 72.8. The maximum Gasteiger partial charge on any atom is 0.161 e. The van der Waals surface area contributed by atoms with Crippen LogP contribution in [0.3, 0.4) is 0 Å². The Morgan fingerprint density at radius 3 is 1.17 bits per heavy atom. The molecular formula is C124H72N8OS. The van der Waals surface area contributed by atoms with E-state index >= 15 is 0 Å². The molecule has 0 fully saturated rings. The van der Waals surface area contributed by atoms with Crippen LogP contribution in [0.4, 0.5) is 0 Å². The van der Waals surface area contributed by atoms with Gasteiger partial charge in [-0.05, 0) is 152 Å². The van der Waals surface area contributed by atoms with E-state index in [9.17, 15) is 0 Å². The summed E-state index contributed by atoms with van der Waals surface area (Å²) in [7, 11) is 0. The van der Waals surface area contributed by atoms with Gasteiger partial charge in [-0.3, -0.25) is 0 Å². The Morgan fingerprint density at radius 1 is 0.201 bits per heavy atom. The minimum atomic E-state index is 0.665. The molecule has 0 amide bonds. The SMILES string of the molecule is c1ccc2cc3c(cc2c1)c1ccc(-n2c4ccccc4c4ccc5ccccc5c42)cc1n3-c1ccc(-c2nc(-c3cccc4c3oc3ccccc34)c3ccccc3n2)c2ccccc12.c1ccc2cc3c(cc2c1)c1ccc(-n2c4ccccc4c4ccc5ccccc5c42)cc1n3-c1cccc2c(-c3nc(-c4cccc5c4sc4ccccc45)c4ccccc4n3)cccc12. The van der Waals surface area contributed by atoms with Gasteiger partial charge >= 0.3 is 0 Å². The lowest BCUT2D eigenvalue weighted by molar-refractivity contribution is 0.670. The predicted octanol–water partition coefficient (Wildman–Crippen LogP) is 33.5. The van der Waals surface area contributed by atoms with Crippen LogP contribution >= 0.6 is 11.3 Å². The van der Waals surface area contributed by atoms with Gasteiger partial charge in [-0.25, -0.2) is 19.9 Å². The second-order valence-corrected chi connectivity index (χ2v) is 36.4. The molecule has 0 aliphatic heterocycles. The molecule has 8 aromatic heterocycles. The predicted molar refractivity (Wildman–Crippen MR) is 563 cm³/mol. The van der Waals surface area contributed by atoms with Crippen LogP contribution in [-0.4, -0.2) is 38.2 Å². The fourth-order valence-electron chi connectivity index (χ4n) is 22.2. The first-order chi connectivity index (χ1) is 66.5. The van der Waals surface area contributed by atoms with Gasteiger partial charge in [0.25, 0.3) is 0 Å². The summed E-state index contributed by atoms with van der Waals surface area (Å²) in [4.78, 5) is 21.6. The third kappa shape index (κ3) is 11.1. The highest BCUT2D eigenvalue weighted by Crippen LogP contribution is 2.49. The van der Waals surface area contributed by atoms with Crippen LogP contribution in [0.1, 0.15) is 0 Å². The average molecular weight is 1720 g/mol. The van der Waals surface area contributed by atoms with Crippen molar-refractivity contribution in [1.82, 2.24) is 38.2 Å². The highest BCUT2D eigenvalue weighted by molar-refractivity contribution is 7.26. The van der Waals surface area contributed by atoms with Crippen molar-refractivity contribution in [1.29, 1.82) is 0 Å². The van der Waals surface area contributed by atoms with Crippen LogP contribution in [0, 0.1) is 0 Å². The van der Waals surface area contributed by atoms with E-state index in [0.717, 1.165) is 144 Å². The van der Waals surface area contributed by atoms with Gasteiger partial charge in [0.05, 0.1) is 77.9 Å². The lowest BCUT2D eigenvalue weighted by Gasteiger charge is -2.16. The number of fused-ring (bicyclic) bond motifs is 28. The van der Waals surface area contributed by atoms with Crippen molar-refractivity contribution in [3.63, 3.8) is 0 Å². The van der Waals surface area contributed by atoms with E-state index in [1.165, 1.54) is 128 Å². The van der Waals surface area contributed by atoms with Crippen LogP contribution in [-0.2, 0) is 0 Å². The molecule has 0 saturated heterocycles. The van der Waals surface area contributed by atoms with Gasteiger partial charge in [-0.2, -0.15) is 0 Å². The second-order valence-electron chi connectivity index (χ2n) is 35.3. The maximum absolute atomic E-state index is 6.59. The first-order valence-electron chi connectivity index (χ1n) is 45.6. The molecule has 134 heavy (non-hydrogen) atoms. The third-order valence-electron chi connectivity index (χ3n) is 28.2. The number of furan rings is 1. The number of para-hydroxylation sites is 6. The first kappa shape index (κ1) is 74.3. The van der Waals surface area contributed by atoms with E-state index < -0.39 is 0 Å². The molecule has 0 spiro atoms. The van der Waals surface area contributed by atoms with E-state index in [0.29, 0.717) is 11.6 Å². The molecule has 0 atom stereocenters. The van der Waals surface area contributed by atoms with Gasteiger partial charge in [-0.1, -0.05) is 328 Å². The van der Waals surface area contributed by atoms with Gasteiger partial charge in [-0.15, -0.1) is 11.3 Å². The number of aromatic nitrogens is 8. The molecule has 9 nitrogen and oxygen atoms in total. The van der Waals surface area contributed by atoms with Gasteiger partial charge in [0, 0.05) is 140 Å². The van der Waals surface area contributed by atoms with Crippen molar-refractivity contribution < 1.29 is 4.42 Å². The topological polar surface area (TPSA) is 84.4 Å². The van der Waals surface area contributed by atoms with E-state index in [2.05, 4.69) is 437 Å². The van der Waals surface area contributed by atoms with Crippen molar-refractivity contribution in [3.8, 4) is 68.0 Å². The van der Waals surface area contributed by atoms with Crippen LogP contribution in [0.15, 0.2) is 441 Å². The highest BCUT2D eigenvalue weighted by Gasteiger charge is 2.27. The van der Waals surface area contributed by atoms with Gasteiger partial charge in [0.2, 0.25) is 0 Å². The molecule has 0 N–H and O–H groups in total. The monoisotopic (exact) mass is 1720 g/mol. The van der Waals surface area contributed by atoms with Crippen LogP contribution in [0.2, 0.25) is 0 Å². The fraction of sp³-hybridized carbons (Fsp3) is 0. The van der Waals surface area contributed by atoms with E-state index in [1.54, 1.807) is 0 Å². The zero-order valence-electron chi connectivity index (χ0n) is 72.0. The molecule has 0 radical (unpaired) electrons. The fourth-order valence-corrected chi connectivity index (χ4v) is 23.4. The molecule has 10 heteroatoms. The Hall–Kier alpha value is -17.7. The maximum atomic E-state index is 6.59. The molecular weight excluding hydrogens is 1650 g/mol. The summed E-state index contributed by atoms with van der Waals surface area (Å²) in [5.41, 5.74) is 23.2. The van der Waals surface area contributed by atoms with Crippen molar-refractivity contribution in [2.24, 2.45) is 0 Å². The lowest BCUT2D eigenvalue weighted by atomic mass is 10.00. The van der Waals surface area contributed by atoms with E-state index in [1.807, 2.05) is 29.5 Å². The normalized spacial score (nSPS) is 12.2. The molecule has 30 aromatic rings. The van der Waals surface area contributed by atoms with Gasteiger partial charge < -0.3 is 22.7 Å².